The Morgan fingerprint density at radius 3 is 2.64 bits per heavy atom. The van der Waals surface area contributed by atoms with E-state index in [9.17, 15) is 9.59 Å². The lowest BCUT2D eigenvalue weighted by Crippen LogP contribution is -2.36. The summed E-state index contributed by atoms with van der Waals surface area (Å²) in [4.78, 5) is 29.7. The van der Waals surface area contributed by atoms with Gasteiger partial charge in [-0.25, -0.2) is 9.79 Å². The lowest BCUT2D eigenvalue weighted by atomic mass is 10.1. The van der Waals surface area contributed by atoms with Crippen LogP contribution in [0, 0.1) is 13.8 Å². The van der Waals surface area contributed by atoms with Crippen LogP contribution in [0.15, 0.2) is 45.1 Å². The number of rotatable bonds is 4. The Morgan fingerprint density at radius 1 is 1.21 bits per heavy atom. The molecule has 0 atom stereocenters. The van der Waals surface area contributed by atoms with E-state index in [1.807, 2.05) is 18.2 Å². The zero-order valence-electron chi connectivity index (χ0n) is 16.3. The fourth-order valence-electron chi connectivity index (χ4n) is 2.93. The fraction of sp³-hybridized carbons (Fsp3) is 0.300. The van der Waals surface area contributed by atoms with E-state index in [2.05, 4.69) is 20.8 Å². The SMILES string of the molecule is CCOC(=O)C1=C(C)Nc2ccccc2N=C1NC(=O)Cc1c(C)noc1C. The molecule has 2 N–H and O–H groups in total. The van der Waals surface area contributed by atoms with Crippen LogP contribution in [0.2, 0.25) is 0 Å². The highest BCUT2D eigenvalue weighted by Crippen LogP contribution is 2.30. The van der Waals surface area contributed by atoms with E-state index in [1.54, 1.807) is 33.8 Å². The summed E-state index contributed by atoms with van der Waals surface area (Å²) in [5.41, 5.74) is 3.43. The van der Waals surface area contributed by atoms with Crippen LogP contribution >= 0.6 is 0 Å². The highest BCUT2D eigenvalue weighted by molar-refractivity contribution is 6.24. The minimum atomic E-state index is -0.559. The Bertz CT molecular complexity index is 968. The number of carbonyl (C=O) groups excluding carboxylic acids is 2. The van der Waals surface area contributed by atoms with Crippen LogP contribution < -0.4 is 10.6 Å². The zero-order valence-corrected chi connectivity index (χ0v) is 16.3. The van der Waals surface area contributed by atoms with Crippen molar-refractivity contribution in [2.75, 3.05) is 11.9 Å². The number of amidine groups is 1. The molecule has 1 aliphatic heterocycles. The smallest absolute Gasteiger partial charge is 0.343 e. The maximum atomic E-state index is 12.7. The Kier molecular flexibility index (Phi) is 5.58. The average molecular weight is 382 g/mol. The average Bonchev–Trinajstić information content (AvgIpc) is 2.87. The van der Waals surface area contributed by atoms with Crippen molar-refractivity contribution in [3.8, 4) is 0 Å². The molecule has 0 saturated carbocycles. The molecule has 1 aliphatic rings. The van der Waals surface area contributed by atoms with Crippen LogP contribution in [-0.2, 0) is 20.7 Å². The van der Waals surface area contributed by atoms with Gasteiger partial charge in [0.15, 0.2) is 0 Å². The van der Waals surface area contributed by atoms with Crippen molar-refractivity contribution in [3.05, 3.63) is 52.6 Å². The first kappa shape index (κ1) is 19.3. The van der Waals surface area contributed by atoms with Gasteiger partial charge in [0, 0.05) is 11.3 Å². The molecule has 0 spiro atoms. The minimum Gasteiger partial charge on any atom is -0.462 e. The van der Waals surface area contributed by atoms with Crippen molar-refractivity contribution >= 4 is 29.1 Å². The molecule has 0 aliphatic carbocycles. The van der Waals surface area contributed by atoms with Gasteiger partial charge in [0.2, 0.25) is 5.91 Å². The number of hydrogen-bond acceptors (Lipinski definition) is 7. The highest BCUT2D eigenvalue weighted by Gasteiger charge is 2.26. The molecular formula is C20H22N4O4. The van der Waals surface area contributed by atoms with Gasteiger partial charge in [-0.15, -0.1) is 0 Å². The summed E-state index contributed by atoms with van der Waals surface area (Å²) < 4.78 is 10.3. The fourth-order valence-corrected chi connectivity index (χ4v) is 2.93. The number of esters is 1. The summed E-state index contributed by atoms with van der Waals surface area (Å²) in [6.07, 6.45) is 0.0599. The highest BCUT2D eigenvalue weighted by atomic mass is 16.5. The lowest BCUT2D eigenvalue weighted by molar-refractivity contribution is -0.137. The van der Waals surface area contributed by atoms with E-state index in [-0.39, 0.29) is 30.3 Å². The predicted octanol–water partition coefficient (Wildman–Crippen LogP) is 2.94. The first-order valence-corrected chi connectivity index (χ1v) is 8.95. The molecule has 3 rings (SSSR count). The summed E-state index contributed by atoms with van der Waals surface area (Å²) in [5.74, 6) is -0.163. The van der Waals surface area contributed by atoms with Crippen molar-refractivity contribution < 1.29 is 18.8 Å². The molecule has 146 valence electrons. The van der Waals surface area contributed by atoms with Gasteiger partial charge in [-0.2, -0.15) is 0 Å². The van der Waals surface area contributed by atoms with Crippen molar-refractivity contribution in [3.63, 3.8) is 0 Å². The van der Waals surface area contributed by atoms with Crippen LogP contribution in [-0.4, -0.2) is 29.5 Å². The number of aromatic nitrogens is 1. The van der Waals surface area contributed by atoms with Crippen LogP contribution in [0.3, 0.4) is 0 Å². The van der Waals surface area contributed by atoms with Crippen molar-refractivity contribution in [2.45, 2.75) is 34.1 Å². The number of benzene rings is 1. The second-order valence-electron chi connectivity index (χ2n) is 6.35. The molecule has 0 fully saturated rings. The van der Waals surface area contributed by atoms with Crippen LogP contribution in [0.25, 0.3) is 0 Å². The molecule has 1 aromatic heterocycles. The second-order valence-corrected chi connectivity index (χ2v) is 6.35. The molecule has 8 nitrogen and oxygen atoms in total. The number of aliphatic imine (C=N–C) groups is 1. The first-order chi connectivity index (χ1) is 13.4. The van der Waals surface area contributed by atoms with Gasteiger partial charge in [0.25, 0.3) is 0 Å². The van der Waals surface area contributed by atoms with E-state index < -0.39 is 5.97 Å². The lowest BCUT2D eigenvalue weighted by Gasteiger charge is -2.13. The molecule has 1 amide bonds. The molecule has 28 heavy (non-hydrogen) atoms. The number of allylic oxidation sites excluding steroid dienone is 1. The number of aryl methyl sites for hydroxylation is 2. The van der Waals surface area contributed by atoms with E-state index in [0.29, 0.717) is 28.4 Å². The van der Waals surface area contributed by atoms with Gasteiger partial charge in [0.1, 0.15) is 17.2 Å². The monoisotopic (exact) mass is 382 g/mol. The Balaban J connectivity index is 1.96. The number of amides is 1. The number of nitrogens with zero attached hydrogens (tertiary/aromatic N) is 2. The Hall–Kier alpha value is -3.42. The normalized spacial score (nSPS) is 13.2. The summed E-state index contributed by atoms with van der Waals surface area (Å²) in [7, 11) is 0. The van der Waals surface area contributed by atoms with Gasteiger partial charge in [-0.3, -0.25) is 4.79 Å². The summed E-state index contributed by atoms with van der Waals surface area (Å²) in [5, 5.41) is 9.78. The van der Waals surface area contributed by atoms with E-state index in [0.717, 1.165) is 5.69 Å². The number of nitrogens with one attached hydrogen (secondary N) is 2. The number of hydrogen-bond donors (Lipinski definition) is 2. The topological polar surface area (TPSA) is 106 Å². The minimum absolute atomic E-state index is 0.0599. The molecule has 2 aromatic rings. The molecule has 0 radical (unpaired) electrons. The molecule has 8 heteroatoms. The summed E-state index contributed by atoms with van der Waals surface area (Å²) in [6, 6.07) is 7.33. The number of fused-ring (bicyclic) bond motifs is 1. The van der Waals surface area contributed by atoms with Crippen LogP contribution in [0.4, 0.5) is 11.4 Å². The maximum absolute atomic E-state index is 12.7. The predicted molar refractivity (Wildman–Crippen MR) is 104 cm³/mol. The largest absolute Gasteiger partial charge is 0.462 e. The van der Waals surface area contributed by atoms with Crippen LogP contribution in [0.5, 0.6) is 0 Å². The van der Waals surface area contributed by atoms with Crippen molar-refractivity contribution in [1.82, 2.24) is 10.5 Å². The standard InChI is InChI=1S/C20H22N4O4/c1-5-27-20(26)18-12(3)21-15-8-6-7-9-16(15)22-19(18)23-17(25)10-14-11(2)24-28-13(14)4/h6-9,21H,5,10H2,1-4H3,(H,22,23,25). The quantitative estimate of drug-likeness (QED) is 0.788. The van der Waals surface area contributed by atoms with E-state index >= 15 is 0 Å². The molecule has 0 bridgehead atoms. The Morgan fingerprint density at radius 2 is 1.96 bits per heavy atom. The molecule has 0 unspecified atom stereocenters. The maximum Gasteiger partial charge on any atom is 0.343 e. The number of anilines is 1. The van der Waals surface area contributed by atoms with Crippen molar-refractivity contribution in [1.29, 1.82) is 0 Å². The first-order valence-electron chi connectivity index (χ1n) is 8.95. The van der Waals surface area contributed by atoms with E-state index in [1.165, 1.54) is 0 Å². The molecule has 1 aromatic carbocycles. The third-order valence-electron chi connectivity index (χ3n) is 4.33. The molecule has 0 saturated heterocycles. The third kappa shape index (κ3) is 3.95. The molecule has 2 heterocycles. The van der Waals surface area contributed by atoms with Gasteiger partial charge in [-0.05, 0) is 39.8 Å². The number of carbonyl (C=O) groups is 2. The number of para-hydroxylation sites is 2. The van der Waals surface area contributed by atoms with Gasteiger partial charge < -0.3 is 19.9 Å². The summed E-state index contributed by atoms with van der Waals surface area (Å²) >= 11 is 0. The third-order valence-corrected chi connectivity index (χ3v) is 4.33. The molecular weight excluding hydrogens is 360 g/mol. The zero-order chi connectivity index (χ0) is 20.3. The summed E-state index contributed by atoms with van der Waals surface area (Å²) in [6.45, 7) is 7.20. The van der Waals surface area contributed by atoms with Crippen LogP contribution in [0.1, 0.15) is 30.9 Å². The number of ether oxygens (including phenoxy) is 1. The van der Waals surface area contributed by atoms with Gasteiger partial charge in [0.05, 0.1) is 30.1 Å². The van der Waals surface area contributed by atoms with Gasteiger partial charge in [-0.1, -0.05) is 17.3 Å². The van der Waals surface area contributed by atoms with E-state index in [4.69, 9.17) is 9.26 Å². The Labute approximate surface area is 162 Å². The second kappa shape index (κ2) is 8.08. The van der Waals surface area contributed by atoms with Gasteiger partial charge >= 0.3 is 5.97 Å². The van der Waals surface area contributed by atoms with Crippen molar-refractivity contribution in [2.24, 2.45) is 4.99 Å².